The van der Waals surface area contributed by atoms with Crippen LogP contribution in [0.15, 0.2) is 59.0 Å². The monoisotopic (exact) mass is 487 g/mol. The van der Waals surface area contributed by atoms with Crippen LogP contribution in [0.5, 0.6) is 0 Å². The van der Waals surface area contributed by atoms with Crippen molar-refractivity contribution in [3.05, 3.63) is 66.1 Å². The zero-order chi connectivity index (χ0) is 24.7. The smallest absolute Gasteiger partial charge is 0.404 e. The molecule has 0 saturated carbocycles. The van der Waals surface area contributed by atoms with Crippen molar-refractivity contribution in [1.82, 2.24) is 15.0 Å². The Kier molecular flexibility index (Phi) is 8.41. The average molecular weight is 488 g/mol. The first-order valence-electron chi connectivity index (χ1n) is 11.1. The molecular formula is C24H29N3O6S. The molecule has 0 aliphatic heterocycles. The predicted octanol–water partition coefficient (Wildman–Crippen LogP) is 3.61. The minimum Gasteiger partial charge on any atom is -0.465 e. The van der Waals surface area contributed by atoms with Gasteiger partial charge in [0.15, 0.2) is 5.58 Å². The Morgan fingerprint density at radius 1 is 1.09 bits per heavy atom. The van der Waals surface area contributed by atoms with Crippen LogP contribution in [0.4, 0.5) is 4.79 Å². The van der Waals surface area contributed by atoms with Gasteiger partial charge in [0.1, 0.15) is 5.52 Å². The third-order valence-electron chi connectivity index (χ3n) is 5.75. The number of rotatable bonds is 12. The number of hydrogen-bond acceptors (Lipinski definition) is 6. The molecule has 34 heavy (non-hydrogen) atoms. The second kappa shape index (κ2) is 11.3. The number of Topliss-reactive ketones (excluding diaryl/α,β-unsaturated/α-hetero) is 1. The van der Waals surface area contributed by atoms with Gasteiger partial charge < -0.3 is 14.8 Å². The molecule has 3 N–H and O–H groups in total. The molecule has 10 heteroatoms. The summed E-state index contributed by atoms with van der Waals surface area (Å²) in [4.78, 5) is 28.7. The van der Waals surface area contributed by atoms with E-state index in [0.717, 1.165) is 5.56 Å². The Hall–Kier alpha value is -3.24. The van der Waals surface area contributed by atoms with Gasteiger partial charge in [-0.1, -0.05) is 62.7 Å². The topological polar surface area (TPSA) is 139 Å². The van der Waals surface area contributed by atoms with Crippen molar-refractivity contribution in [1.29, 1.82) is 0 Å². The number of benzene rings is 2. The summed E-state index contributed by atoms with van der Waals surface area (Å²) in [6.07, 6.45) is -0.0908. The molecule has 1 heterocycles. The molecule has 0 spiro atoms. The van der Waals surface area contributed by atoms with Gasteiger partial charge in [-0.25, -0.2) is 22.9 Å². The Morgan fingerprint density at radius 2 is 1.76 bits per heavy atom. The minimum absolute atomic E-state index is 0.177. The van der Waals surface area contributed by atoms with E-state index < -0.39 is 39.7 Å². The van der Waals surface area contributed by atoms with Gasteiger partial charge in [-0.2, -0.15) is 0 Å². The second-order valence-electron chi connectivity index (χ2n) is 8.27. The second-order valence-corrected chi connectivity index (χ2v) is 10.1. The summed E-state index contributed by atoms with van der Waals surface area (Å²) in [5, 5.41) is 11.4. The molecule has 0 aliphatic rings. The van der Waals surface area contributed by atoms with Crippen LogP contribution in [-0.4, -0.2) is 48.2 Å². The third-order valence-corrected chi connectivity index (χ3v) is 7.19. The van der Waals surface area contributed by atoms with E-state index in [1.54, 1.807) is 31.2 Å². The van der Waals surface area contributed by atoms with Gasteiger partial charge in [0.2, 0.25) is 15.8 Å². The highest BCUT2D eigenvalue weighted by atomic mass is 32.2. The molecule has 0 fully saturated rings. The van der Waals surface area contributed by atoms with Gasteiger partial charge in [-0.3, -0.25) is 4.79 Å². The van der Waals surface area contributed by atoms with E-state index in [1.165, 1.54) is 0 Å². The van der Waals surface area contributed by atoms with Crippen molar-refractivity contribution in [3.63, 3.8) is 0 Å². The van der Waals surface area contributed by atoms with Crippen molar-refractivity contribution in [2.75, 3.05) is 5.75 Å². The number of aromatic nitrogens is 1. The highest BCUT2D eigenvalue weighted by molar-refractivity contribution is 7.89. The molecule has 9 nitrogen and oxygen atoms in total. The highest BCUT2D eigenvalue weighted by Gasteiger charge is 2.32. The van der Waals surface area contributed by atoms with Gasteiger partial charge in [0, 0.05) is 6.04 Å². The number of oxazole rings is 1. The van der Waals surface area contributed by atoms with Crippen LogP contribution >= 0.6 is 0 Å². The number of ketones is 1. The molecule has 3 rings (SSSR count). The first-order valence-corrected chi connectivity index (χ1v) is 12.8. The molecule has 0 bridgehead atoms. The quantitative estimate of drug-likeness (QED) is 0.332. The zero-order valence-electron chi connectivity index (χ0n) is 19.1. The van der Waals surface area contributed by atoms with E-state index in [1.807, 2.05) is 37.3 Å². The minimum atomic E-state index is -4.03. The van der Waals surface area contributed by atoms with E-state index in [4.69, 9.17) is 9.52 Å². The van der Waals surface area contributed by atoms with Gasteiger partial charge in [0.05, 0.1) is 11.8 Å². The summed E-state index contributed by atoms with van der Waals surface area (Å²) < 4.78 is 34.1. The molecular weight excluding hydrogens is 458 g/mol. The van der Waals surface area contributed by atoms with Crippen molar-refractivity contribution in [2.45, 2.75) is 45.2 Å². The first kappa shape index (κ1) is 25.4. The SMILES string of the molecule is CCC(C)C(CS(=O)(=O)NC(CCc1ccccc1)C(=O)c1nc2ccccc2o1)NC(=O)O. The van der Waals surface area contributed by atoms with Crippen molar-refractivity contribution in [2.24, 2.45) is 5.92 Å². The lowest BCUT2D eigenvalue weighted by Crippen LogP contribution is -2.49. The van der Waals surface area contributed by atoms with Crippen LogP contribution in [0.1, 0.15) is 42.9 Å². The maximum absolute atomic E-state index is 13.3. The summed E-state index contributed by atoms with van der Waals surface area (Å²) in [5.74, 6) is -1.47. The lowest BCUT2D eigenvalue weighted by Gasteiger charge is -2.24. The Morgan fingerprint density at radius 3 is 2.41 bits per heavy atom. The summed E-state index contributed by atoms with van der Waals surface area (Å²) in [7, 11) is -4.03. The molecule has 2 aromatic carbocycles. The number of fused-ring (bicyclic) bond motifs is 1. The Balaban J connectivity index is 1.84. The number of hydrogen-bond donors (Lipinski definition) is 3. The number of aryl methyl sites for hydroxylation is 1. The zero-order valence-corrected chi connectivity index (χ0v) is 19.9. The van der Waals surface area contributed by atoms with E-state index in [0.29, 0.717) is 23.9 Å². The van der Waals surface area contributed by atoms with Gasteiger partial charge in [0.25, 0.3) is 5.89 Å². The third kappa shape index (κ3) is 6.88. The number of amides is 1. The van der Waals surface area contributed by atoms with E-state index >= 15 is 0 Å². The average Bonchev–Trinajstić information content (AvgIpc) is 3.25. The molecule has 0 radical (unpaired) electrons. The summed E-state index contributed by atoms with van der Waals surface area (Å²) in [6, 6.07) is 14.3. The molecule has 0 aliphatic carbocycles. The summed E-state index contributed by atoms with van der Waals surface area (Å²) in [5.41, 5.74) is 1.87. The summed E-state index contributed by atoms with van der Waals surface area (Å²) in [6.45, 7) is 3.62. The van der Waals surface area contributed by atoms with Crippen LogP contribution in [0, 0.1) is 5.92 Å². The molecule has 3 atom stereocenters. The van der Waals surface area contributed by atoms with E-state index in [2.05, 4.69) is 15.0 Å². The van der Waals surface area contributed by atoms with E-state index in [-0.39, 0.29) is 18.2 Å². The number of sulfonamides is 1. The van der Waals surface area contributed by atoms with Crippen LogP contribution in [0.25, 0.3) is 11.1 Å². The molecule has 1 aromatic heterocycles. The van der Waals surface area contributed by atoms with Crippen LogP contribution in [-0.2, 0) is 16.4 Å². The molecule has 1 amide bonds. The highest BCUT2D eigenvalue weighted by Crippen LogP contribution is 2.18. The fourth-order valence-electron chi connectivity index (χ4n) is 3.62. The molecule has 182 valence electrons. The maximum atomic E-state index is 13.3. The number of para-hydroxylation sites is 2. The fraction of sp³-hybridized carbons (Fsp3) is 0.375. The Labute approximate surface area is 198 Å². The lowest BCUT2D eigenvalue weighted by atomic mass is 10.0. The van der Waals surface area contributed by atoms with Gasteiger partial charge in [-0.05, 0) is 36.5 Å². The van der Waals surface area contributed by atoms with Crippen LogP contribution < -0.4 is 10.0 Å². The number of carbonyl (C=O) groups excluding carboxylic acids is 1. The van der Waals surface area contributed by atoms with Crippen LogP contribution in [0.3, 0.4) is 0 Å². The van der Waals surface area contributed by atoms with Crippen molar-refractivity contribution >= 4 is 33.0 Å². The van der Waals surface area contributed by atoms with Gasteiger partial charge >= 0.3 is 6.09 Å². The molecule has 3 unspecified atom stereocenters. The van der Waals surface area contributed by atoms with Crippen molar-refractivity contribution < 1.29 is 27.5 Å². The largest absolute Gasteiger partial charge is 0.465 e. The van der Waals surface area contributed by atoms with Gasteiger partial charge in [-0.15, -0.1) is 0 Å². The number of carbonyl (C=O) groups is 2. The molecule has 3 aromatic rings. The predicted molar refractivity (Wildman–Crippen MR) is 128 cm³/mol. The van der Waals surface area contributed by atoms with Crippen molar-refractivity contribution in [3.8, 4) is 0 Å². The number of nitrogens with one attached hydrogen (secondary N) is 2. The summed E-state index contributed by atoms with van der Waals surface area (Å²) >= 11 is 0. The number of nitrogens with zero attached hydrogens (tertiary/aromatic N) is 1. The molecule has 0 saturated heterocycles. The normalized spacial score (nSPS) is 14.4. The Bertz CT molecular complexity index is 1190. The lowest BCUT2D eigenvalue weighted by molar-refractivity contribution is 0.0917. The maximum Gasteiger partial charge on any atom is 0.404 e. The fourth-order valence-corrected chi connectivity index (χ4v) is 5.26. The standard InChI is InChI=1S/C24H29N3O6S/c1-3-16(2)20(26-24(29)30)15-34(31,32)27-19(14-13-17-9-5-4-6-10-17)22(28)23-25-18-11-7-8-12-21(18)33-23/h4-12,16,19-20,26-27H,3,13-15H2,1-2H3,(H,29,30). The van der Waals surface area contributed by atoms with E-state index in [9.17, 15) is 18.0 Å². The first-order chi connectivity index (χ1) is 16.2. The number of carboxylic acid groups (broad SMARTS) is 1. The van der Waals surface area contributed by atoms with Crippen LogP contribution in [0.2, 0.25) is 0 Å².